The molecular formula is C12H19N5O. The molecule has 1 saturated heterocycles. The highest BCUT2D eigenvalue weighted by Crippen LogP contribution is 2.07. The number of piperazine rings is 1. The molecule has 1 fully saturated rings. The van der Waals surface area contributed by atoms with E-state index in [1.807, 2.05) is 23.4 Å². The summed E-state index contributed by atoms with van der Waals surface area (Å²) in [4.78, 5) is 15.6. The summed E-state index contributed by atoms with van der Waals surface area (Å²) in [5, 5.41) is 8.20. The zero-order valence-electron chi connectivity index (χ0n) is 11.0. The number of hydrogen-bond acceptors (Lipinski definition) is 4. The summed E-state index contributed by atoms with van der Waals surface area (Å²) in [6.07, 6.45) is 1.38. The molecule has 0 spiro atoms. The van der Waals surface area contributed by atoms with Crippen LogP contribution in [0.15, 0.2) is 12.7 Å². The molecule has 6 nitrogen and oxygen atoms in total. The molecule has 98 valence electrons. The minimum absolute atomic E-state index is 0.0177. The molecule has 1 aromatic heterocycles. The zero-order valence-corrected chi connectivity index (χ0v) is 11.0. The topological polar surface area (TPSA) is 54.3 Å². The number of carbonyl (C=O) groups is 1. The minimum atomic E-state index is 0.0177. The fourth-order valence-corrected chi connectivity index (χ4v) is 2.04. The fourth-order valence-electron chi connectivity index (χ4n) is 2.04. The molecule has 2 rings (SSSR count). The number of carbonyl (C=O) groups excluding carboxylic acids is 1. The Balaban J connectivity index is 1.89. The van der Waals surface area contributed by atoms with Crippen LogP contribution in [0.4, 0.5) is 0 Å². The molecule has 0 atom stereocenters. The summed E-state index contributed by atoms with van der Waals surface area (Å²) in [6.45, 7) is 9.47. The largest absolute Gasteiger partial charge is 0.337 e. The highest BCUT2D eigenvalue weighted by molar-refractivity contribution is 5.87. The molecule has 0 bridgehead atoms. The Morgan fingerprint density at radius 2 is 2.00 bits per heavy atom. The third kappa shape index (κ3) is 2.59. The second kappa shape index (κ2) is 5.30. The Morgan fingerprint density at radius 3 is 2.50 bits per heavy atom. The number of rotatable bonds is 3. The summed E-state index contributed by atoms with van der Waals surface area (Å²) in [5.41, 5.74) is 0. The van der Waals surface area contributed by atoms with Gasteiger partial charge in [-0.1, -0.05) is 6.58 Å². The van der Waals surface area contributed by atoms with Crippen molar-refractivity contribution in [1.82, 2.24) is 24.6 Å². The highest BCUT2D eigenvalue weighted by Gasteiger charge is 2.20. The predicted octanol–water partition coefficient (Wildman–Crippen LogP) is -0.0463. The Bertz CT molecular complexity index is 445. The van der Waals surface area contributed by atoms with Crippen molar-refractivity contribution in [2.45, 2.75) is 13.5 Å². The lowest BCUT2D eigenvalue weighted by Gasteiger charge is -2.33. The van der Waals surface area contributed by atoms with Crippen molar-refractivity contribution >= 4 is 5.91 Å². The average Bonchev–Trinajstić information content (AvgIpc) is 2.71. The van der Waals surface area contributed by atoms with Crippen molar-refractivity contribution in [2.24, 2.45) is 7.05 Å². The first-order valence-electron chi connectivity index (χ1n) is 6.10. The molecule has 0 N–H and O–H groups in total. The standard InChI is InChI=1S/C12H19N5O/c1-4-12(18)17-7-5-16(6-8-17)9-11-14-13-10(2)15(11)3/h4H,1,5-9H2,2-3H3. The van der Waals surface area contributed by atoms with Crippen LogP contribution in [0, 0.1) is 6.92 Å². The summed E-state index contributed by atoms with van der Waals surface area (Å²) < 4.78 is 2.00. The van der Waals surface area contributed by atoms with Gasteiger partial charge in [0.2, 0.25) is 5.91 Å². The first-order chi connectivity index (χ1) is 8.61. The molecule has 1 aromatic rings. The highest BCUT2D eigenvalue weighted by atomic mass is 16.2. The van der Waals surface area contributed by atoms with Crippen molar-refractivity contribution in [3.05, 3.63) is 24.3 Å². The van der Waals surface area contributed by atoms with Gasteiger partial charge in [-0.15, -0.1) is 10.2 Å². The maximum Gasteiger partial charge on any atom is 0.246 e. The van der Waals surface area contributed by atoms with Gasteiger partial charge in [0, 0.05) is 33.2 Å². The first-order valence-corrected chi connectivity index (χ1v) is 6.10. The first kappa shape index (κ1) is 12.8. The number of aryl methyl sites for hydroxylation is 1. The van der Waals surface area contributed by atoms with Crippen LogP contribution in [0.5, 0.6) is 0 Å². The van der Waals surface area contributed by atoms with Gasteiger partial charge in [-0.3, -0.25) is 9.69 Å². The van der Waals surface area contributed by atoms with Gasteiger partial charge in [0.05, 0.1) is 6.54 Å². The normalized spacial score (nSPS) is 16.9. The third-order valence-electron chi connectivity index (χ3n) is 3.41. The van der Waals surface area contributed by atoms with E-state index < -0.39 is 0 Å². The molecule has 0 saturated carbocycles. The summed E-state index contributed by atoms with van der Waals surface area (Å²) in [6, 6.07) is 0. The molecular weight excluding hydrogens is 230 g/mol. The van der Waals surface area contributed by atoms with Crippen LogP contribution < -0.4 is 0 Å². The van der Waals surface area contributed by atoms with Gasteiger partial charge in [0.15, 0.2) is 0 Å². The number of hydrogen-bond donors (Lipinski definition) is 0. The Labute approximate surface area is 107 Å². The summed E-state index contributed by atoms with van der Waals surface area (Å²) in [5.74, 6) is 1.91. The van der Waals surface area contributed by atoms with Gasteiger partial charge in [0.25, 0.3) is 0 Å². The molecule has 1 aliphatic heterocycles. The monoisotopic (exact) mass is 249 g/mol. The van der Waals surface area contributed by atoms with Crippen LogP contribution in [0.25, 0.3) is 0 Å². The molecule has 0 aliphatic carbocycles. The van der Waals surface area contributed by atoms with Gasteiger partial charge in [-0.05, 0) is 13.0 Å². The van der Waals surface area contributed by atoms with E-state index in [9.17, 15) is 4.79 Å². The van der Waals surface area contributed by atoms with Crippen molar-refractivity contribution < 1.29 is 4.79 Å². The predicted molar refractivity (Wildman–Crippen MR) is 67.8 cm³/mol. The van der Waals surface area contributed by atoms with Gasteiger partial charge in [0.1, 0.15) is 11.6 Å². The van der Waals surface area contributed by atoms with E-state index in [0.29, 0.717) is 0 Å². The van der Waals surface area contributed by atoms with E-state index in [4.69, 9.17) is 0 Å². The van der Waals surface area contributed by atoms with Gasteiger partial charge < -0.3 is 9.47 Å². The molecule has 1 amide bonds. The second-order valence-electron chi connectivity index (χ2n) is 4.53. The van der Waals surface area contributed by atoms with Crippen LogP contribution in [-0.2, 0) is 18.4 Å². The van der Waals surface area contributed by atoms with E-state index in [1.54, 1.807) is 0 Å². The smallest absolute Gasteiger partial charge is 0.246 e. The Morgan fingerprint density at radius 1 is 1.33 bits per heavy atom. The SMILES string of the molecule is C=CC(=O)N1CCN(Cc2nnc(C)n2C)CC1. The maximum absolute atomic E-state index is 11.5. The maximum atomic E-state index is 11.5. The van der Waals surface area contributed by atoms with Crippen LogP contribution in [0.2, 0.25) is 0 Å². The molecule has 2 heterocycles. The second-order valence-corrected chi connectivity index (χ2v) is 4.53. The van der Waals surface area contributed by atoms with E-state index in [1.165, 1.54) is 6.08 Å². The lowest BCUT2D eigenvalue weighted by Crippen LogP contribution is -2.48. The minimum Gasteiger partial charge on any atom is -0.337 e. The lowest BCUT2D eigenvalue weighted by atomic mass is 10.3. The van der Waals surface area contributed by atoms with E-state index in [0.717, 1.165) is 44.4 Å². The van der Waals surface area contributed by atoms with Crippen LogP contribution in [0.3, 0.4) is 0 Å². The molecule has 0 aromatic carbocycles. The van der Waals surface area contributed by atoms with Crippen molar-refractivity contribution in [1.29, 1.82) is 0 Å². The summed E-state index contributed by atoms with van der Waals surface area (Å²) in [7, 11) is 1.97. The van der Waals surface area contributed by atoms with Gasteiger partial charge >= 0.3 is 0 Å². The molecule has 18 heavy (non-hydrogen) atoms. The molecule has 0 unspecified atom stereocenters. The molecule has 1 aliphatic rings. The van der Waals surface area contributed by atoms with Crippen molar-refractivity contribution in [2.75, 3.05) is 26.2 Å². The average molecular weight is 249 g/mol. The van der Waals surface area contributed by atoms with Gasteiger partial charge in [-0.2, -0.15) is 0 Å². The number of nitrogens with zero attached hydrogens (tertiary/aromatic N) is 5. The Hall–Kier alpha value is -1.69. The van der Waals surface area contributed by atoms with Gasteiger partial charge in [-0.25, -0.2) is 0 Å². The van der Waals surface area contributed by atoms with Crippen LogP contribution >= 0.6 is 0 Å². The Kier molecular flexibility index (Phi) is 3.76. The van der Waals surface area contributed by atoms with E-state index >= 15 is 0 Å². The fraction of sp³-hybridized carbons (Fsp3) is 0.583. The quantitative estimate of drug-likeness (QED) is 0.705. The lowest BCUT2D eigenvalue weighted by molar-refractivity contribution is -0.127. The van der Waals surface area contributed by atoms with E-state index in [2.05, 4.69) is 21.7 Å². The zero-order chi connectivity index (χ0) is 13.1. The number of aromatic nitrogens is 3. The summed E-state index contributed by atoms with van der Waals surface area (Å²) >= 11 is 0. The van der Waals surface area contributed by atoms with Crippen molar-refractivity contribution in [3.8, 4) is 0 Å². The number of amides is 1. The van der Waals surface area contributed by atoms with E-state index in [-0.39, 0.29) is 5.91 Å². The molecule has 6 heteroatoms. The van der Waals surface area contributed by atoms with Crippen LogP contribution in [-0.4, -0.2) is 56.7 Å². The van der Waals surface area contributed by atoms with Crippen LogP contribution in [0.1, 0.15) is 11.6 Å². The third-order valence-corrected chi connectivity index (χ3v) is 3.41. The van der Waals surface area contributed by atoms with Crippen molar-refractivity contribution in [3.63, 3.8) is 0 Å². The molecule has 0 radical (unpaired) electrons.